The molecule has 2 aliphatic heterocycles. The molecule has 0 unspecified atom stereocenters. The molecule has 0 amide bonds. The lowest BCUT2D eigenvalue weighted by Gasteiger charge is -2.24. The zero-order valence-corrected chi connectivity index (χ0v) is 7.79. The van der Waals surface area contributed by atoms with Crippen molar-refractivity contribution >= 4 is 5.97 Å². The van der Waals surface area contributed by atoms with E-state index in [1.165, 1.54) is 6.42 Å². The zero-order chi connectivity index (χ0) is 9.05. The largest absolute Gasteiger partial charge is 0.459 e. The monoisotopic (exact) mass is 182 g/mol. The van der Waals surface area contributed by atoms with Crippen LogP contribution in [0.2, 0.25) is 0 Å². The van der Waals surface area contributed by atoms with Gasteiger partial charge in [0.2, 0.25) is 0 Å². The molecule has 3 heteroatoms. The van der Waals surface area contributed by atoms with Gasteiger partial charge in [0.1, 0.15) is 12.2 Å². The van der Waals surface area contributed by atoms with Gasteiger partial charge in [0, 0.05) is 5.92 Å². The van der Waals surface area contributed by atoms with Gasteiger partial charge in [-0.1, -0.05) is 6.42 Å². The predicted molar refractivity (Wildman–Crippen MR) is 45.1 cm³/mol. The van der Waals surface area contributed by atoms with Crippen LogP contribution in [-0.2, 0) is 14.3 Å². The molecule has 0 N–H and O–H groups in total. The highest BCUT2D eigenvalue weighted by atomic mass is 16.6. The molecule has 1 saturated carbocycles. The highest BCUT2D eigenvalue weighted by Crippen LogP contribution is 2.51. The lowest BCUT2D eigenvalue weighted by Crippen LogP contribution is -2.30. The van der Waals surface area contributed by atoms with Crippen LogP contribution in [0.3, 0.4) is 0 Å². The van der Waals surface area contributed by atoms with Gasteiger partial charge in [-0.3, -0.25) is 4.79 Å². The Kier molecular flexibility index (Phi) is 1.36. The quantitative estimate of drug-likeness (QED) is 0.529. The molecule has 3 rings (SSSR count). The first kappa shape index (κ1) is 7.80. The molecule has 0 aromatic carbocycles. The van der Waals surface area contributed by atoms with E-state index in [9.17, 15) is 4.79 Å². The Bertz CT molecular complexity index is 263. The molecule has 0 radical (unpaired) electrons. The van der Waals surface area contributed by atoms with Crippen molar-refractivity contribution in [2.45, 2.75) is 50.4 Å². The summed E-state index contributed by atoms with van der Waals surface area (Å²) in [5.41, 5.74) is 0.00995. The number of carbonyl (C=O) groups excluding carboxylic acids is 1. The van der Waals surface area contributed by atoms with Crippen LogP contribution in [0.25, 0.3) is 0 Å². The van der Waals surface area contributed by atoms with Gasteiger partial charge in [0.25, 0.3) is 0 Å². The number of rotatable bonds is 0. The van der Waals surface area contributed by atoms with Crippen molar-refractivity contribution in [3.63, 3.8) is 0 Å². The highest BCUT2D eigenvalue weighted by molar-refractivity contribution is 5.73. The van der Waals surface area contributed by atoms with Gasteiger partial charge >= 0.3 is 5.97 Å². The molecule has 3 nitrogen and oxygen atoms in total. The van der Waals surface area contributed by atoms with Crippen LogP contribution in [0, 0.1) is 5.92 Å². The summed E-state index contributed by atoms with van der Waals surface area (Å²) < 4.78 is 11.2. The molecule has 13 heavy (non-hydrogen) atoms. The van der Waals surface area contributed by atoms with Crippen LogP contribution in [0.5, 0.6) is 0 Å². The van der Waals surface area contributed by atoms with Crippen molar-refractivity contribution < 1.29 is 14.3 Å². The van der Waals surface area contributed by atoms with Gasteiger partial charge in [-0.25, -0.2) is 0 Å². The Labute approximate surface area is 77.4 Å². The lowest BCUT2D eigenvalue weighted by molar-refractivity contribution is -0.143. The lowest BCUT2D eigenvalue weighted by atomic mass is 9.90. The number of ether oxygens (including phenoxy) is 2. The van der Waals surface area contributed by atoms with Gasteiger partial charge < -0.3 is 9.47 Å². The summed E-state index contributed by atoms with van der Waals surface area (Å²) in [6.45, 7) is 2.16. The van der Waals surface area contributed by atoms with Crippen LogP contribution < -0.4 is 0 Å². The summed E-state index contributed by atoms with van der Waals surface area (Å²) in [4.78, 5) is 11.0. The summed E-state index contributed by atoms with van der Waals surface area (Å²) in [7, 11) is 0. The molecule has 2 saturated heterocycles. The van der Waals surface area contributed by atoms with Crippen LogP contribution >= 0.6 is 0 Å². The molecule has 3 aliphatic rings. The Hall–Kier alpha value is -0.570. The molecule has 0 aromatic heterocycles. The van der Waals surface area contributed by atoms with Crippen LogP contribution in [0.4, 0.5) is 0 Å². The van der Waals surface area contributed by atoms with E-state index in [0.717, 1.165) is 12.8 Å². The molecule has 0 bridgehead atoms. The van der Waals surface area contributed by atoms with E-state index in [4.69, 9.17) is 9.47 Å². The maximum atomic E-state index is 11.0. The van der Waals surface area contributed by atoms with Gasteiger partial charge in [0.15, 0.2) is 0 Å². The first-order valence-corrected chi connectivity index (χ1v) is 5.06. The SMILES string of the molecule is C[C@]12CCC[C@H]1[C@@H]1OC(=O)C[C@@H]1O2. The minimum atomic E-state index is -0.0797. The van der Waals surface area contributed by atoms with Crippen molar-refractivity contribution in [3.05, 3.63) is 0 Å². The summed E-state index contributed by atoms with van der Waals surface area (Å²) in [5.74, 6) is 0.382. The minimum Gasteiger partial charge on any atom is -0.459 e. The molecular weight excluding hydrogens is 168 g/mol. The molecule has 1 aliphatic carbocycles. The fourth-order valence-electron chi connectivity index (χ4n) is 3.17. The second-order valence-corrected chi connectivity index (χ2v) is 4.63. The molecule has 4 atom stereocenters. The molecule has 0 aromatic rings. The van der Waals surface area contributed by atoms with Crippen molar-refractivity contribution in [2.75, 3.05) is 0 Å². The summed E-state index contributed by atoms with van der Waals surface area (Å²) in [5, 5.41) is 0. The van der Waals surface area contributed by atoms with Crippen molar-refractivity contribution in [1.29, 1.82) is 0 Å². The first-order valence-electron chi connectivity index (χ1n) is 5.06. The number of hydrogen-bond donors (Lipinski definition) is 0. The Morgan fingerprint density at radius 3 is 3.23 bits per heavy atom. The van der Waals surface area contributed by atoms with E-state index in [0.29, 0.717) is 12.3 Å². The third-order valence-corrected chi connectivity index (χ3v) is 3.79. The summed E-state index contributed by atoms with van der Waals surface area (Å²) >= 11 is 0. The maximum Gasteiger partial charge on any atom is 0.308 e. The minimum absolute atomic E-state index is 0.00995. The topological polar surface area (TPSA) is 35.5 Å². The normalized spacial score (nSPS) is 53.3. The van der Waals surface area contributed by atoms with Crippen LogP contribution in [-0.4, -0.2) is 23.8 Å². The molecule has 0 spiro atoms. The summed E-state index contributed by atoms with van der Waals surface area (Å²) in [6.07, 6.45) is 4.09. The number of fused-ring (bicyclic) bond motifs is 3. The molecule has 72 valence electrons. The van der Waals surface area contributed by atoms with E-state index >= 15 is 0 Å². The third-order valence-electron chi connectivity index (χ3n) is 3.79. The smallest absolute Gasteiger partial charge is 0.308 e. The fourth-order valence-corrected chi connectivity index (χ4v) is 3.17. The second-order valence-electron chi connectivity index (χ2n) is 4.63. The molecular formula is C10H14O3. The zero-order valence-electron chi connectivity index (χ0n) is 7.79. The average Bonchev–Trinajstić information content (AvgIpc) is 2.58. The van der Waals surface area contributed by atoms with E-state index in [1.54, 1.807) is 0 Å². The van der Waals surface area contributed by atoms with Gasteiger partial charge in [0.05, 0.1) is 12.0 Å². The van der Waals surface area contributed by atoms with Gasteiger partial charge in [-0.15, -0.1) is 0 Å². The summed E-state index contributed by atoms with van der Waals surface area (Å²) in [6, 6.07) is 0. The van der Waals surface area contributed by atoms with E-state index in [2.05, 4.69) is 6.92 Å². The van der Waals surface area contributed by atoms with E-state index in [1.807, 2.05) is 0 Å². The second kappa shape index (κ2) is 2.27. The van der Waals surface area contributed by atoms with Crippen molar-refractivity contribution in [3.8, 4) is 0 Å². The van der Waals surface area contributed by atoms with E-state index in [-0.39, 0.29) is 23.8 Å². The van der Waals surface area contributed by atoms with Gasteiger partial charge in [-0.2, -0.15) is 0 Å². The van der Waals surface area contributed by atoms with Crippen LogP contribution in [0.1, 0.15) is 32.6 Å². The standard InChI is InChI=1S/C10H14O3/c1-10-4-2-3-6(10)9-7(13-10)5-8(11)12-9/h6-7,9H,2-5H2,1H3/t6-,7-,9-,10-/m0/s1. The van der Waals surface area contributed by atoms with Crippen molar-refractivity contribution in [2.24, 2.45) is 5.92 Å². The third kappa shape index (κ3) is 0.909. The van der Waals surface area contributed by atoms with Gasteiger partial charge in [-0.05, 0) is 19.8 Å². The highest BCUT2D eigenvalue weighted by Gasteiger charge is 2.58. The average molecular weight is 182 g/mol. The molecule has 3 fully saturated rings. The Balaban J connectivity index is 1.90. The van der Waals surface area contributed by atoms with Crippen molar-refractivity contribution in [1.82, 2.24) is 0 Å². The Morgan fingerprint density at radius 1 is 1.54 bits per heavy atom. The number of hydrogen-bond acceptors (Lipinski definition) is 3. The molecule has 2 heterocycles. The number of carbonyl (C=O) groups is 1. The predicted octanol–water partition coefficient (Wildman–Crippen LogP) is 1.26. The van der Waals surface area contributed by atoms with Crippen LogP contribution in [0.15, 0.2) is 0 Å². The maximum absolute atomic E-state index is 11.0. The Morgan fingerprint density at radius 2 is 2.38 bits per heavy atom. The fraction of sp³-hybridized carbons (Fsp3) is 0.900. The number of esters is 1. The first-order chi connectivity index (χ1) is 6.19. The van der Waals surface area contributed by atoms with E-state index < -0.39 is 0 Å².